The number of carbonyl (C=O) groups is 1. The summed E-state index contributed by atoms with van der Waals surface area (Å²) in [5.41, 5.74) is 0.514. The number of ether oxygens (including phenoxy) is 1. The van der Waals surface area contributed by atoms with Gasteiger partial charge >= 0.3 is 5.97 Å². The average molecular weight is 294 g/mol. The van der Waals surface area contributed by atoms with E-state index in [1.54, 1.807) is 6.92 Å². The smallest absolute Gasteiger partial charge is 0.356 e. The normalized spacial score (nSPS) is 10.6. The van der Waals surface area contributed by atoms with Crippen molar-refractivity contribution < 1.29 is 18.3 Å². The van der Waals surface area contributed by atoms with Crippen LogP contribution in [0.1, 0.15) is 33.7 Å². The SMILES string of the molecule is COC(=O)c1cc(CBr)c(C)c(C(F)F)n1. The summed E-state index contributed by atoms with van der Waals surface area (Å²) in [6, 6.07) is 1.45. The third-order valence-electron chi connectivity index (χ3n) is 2.16. The largest absolute Gasteiger partial charge is 0.464 e. The Kier molecular flexibility index (Phi) is 4.35. The van der Waals surface area contributed by atoms with Crippen LogP contribution in [0, 0.1) is 6.92 Å². The van der Waals surface area contributed by atoms with Gasteiger partial charge in [0.15, 0.2) is 0 Å². The molecule has 0 aliphatic rings. The van der Waals surface area contributed by atoms with Crippen LogP contribution in [-0.4, -0.2) is 18.1 Å². The molecule has 88 valence electrons. The van der Waals surface area contributed by atoms with Gasteiger partial charge in [0.25, 0.3) is 6.43 Å². The van der Waals surface area contributed by atoms with E-state index in [0.29, 0.717) is 16.5 Å². The second-order valence-corrected chi connectivity index (χ2v) is 3.66. The summed E-state index contributed by atoms with van der Waals surface area (Å²) in [4.78, 5) is 14.8. The number of alkyl halides is 3. The standard InChI is InChI=1S/C10H10BrF2NO2/c1-5-6(4-11)3-7(10(15)16-2)14-8(5)9(12)13/h3,9H,4H2,1-2H3. The number of esters is 1. The highest BCUT2D eigenvalue weighted by Crippen LogP contribution is 2.25. The Bertz CT molecular complexity index is 410. The fourth-order valence-corrected chi connectivity index (χ4v) is 1.83. The third kappa shape index (κ3) is 2.55. The molecule has 1 heterocycles. The van der Waals surface area contributed by atoms with Gasteiger partial charge in [0, 0.05) is 5.33 Å². The quantitative estimate of drug-likeness (QED) is 0.635. The monoisotopic (exact) mass is 293 g/mol. The molecule has 0 bridgehead atoms. The molecule has 0 aromatic carbocycles. The average Bonchev–Trinajstić information content (AvgIpc) is 2.27. The number of nitrogens with zero attached hydrogens (tertiary/aromatic N) is 1. The summed E-state index contributed by atoms with van der Waals surface area (Å²) in [6.45, 7) is 1.55. The lowest BCUT2D eigenvalue weighted by Gasteiger charge is -2.10. The number of pyridine rings is 1. The number of methoxy groups -OCH3 is 1. The van der Waals surface area contributed by atoms with Gasteiger partial charge in [-0.25, -0.2) is 18.6 Å². The van der Waals surface area contributed by atoms with Crippen LogP contribution in [0.5, 0.6) is 0 Å². The Labute approximate surface area is 99.9 Å². The van der Waals surface area contributed by atoms with Gasteiger partial charge in [0.1, 0.15) is 11.4 Å². The van der Waals surface area contributed by atoms with E-state index in [9.17, 15) is 13.6 Å². The van der Waals surface area contributed by atoms with Gasteiger partial charge in [-0.1, -0.05) is 15.9 Å². The third-order valence-corrected chi connectivity index (χ3v) is 2.77. The van der Waals surface area contributed by atoms with E-state index in [1.807, 2.05) is 0 Å². The lowest BCUT2D eigenvalue weighted by molar-refractivity contribution is 0.0592. The maximum absolute atomic E-state index is 12.7. The molecule has 0 spiro atoms. The van der Waals surface area contributed by atoms with Crippen molar-refractivity contribution in [3.63, 3.8) is 0 Å². The van der Waals surface area contributed by atoms with E-state index >= 15 is 0 Å². The number of aromatic nitrogens is 1. The molecule has 16 heavy (non-hydrogen) atoms. The molecular formula is C10H10BrF2NO2. The second-order valence-electron chi connectivity index (χ2n) is 3.10. The highest BCUT2D eigenvalue weighted by Gasteiger charge is 2.19. The van der Waals surface area contributed by atoms with Crippen molar-refractivity contribution in [3.8, 4) is 0 Å². The molecule has 0 saturated heterocycles. The number of rotatable bonds is 3. The molecule has 0 radical (unpaired) electrons. The highest BCUT2D eigenvalue weighted by atomic mass is 79.9. The molecule has 0 amide bonds. The van der Waals surface area contributed by atoms with Crippen molar-refractivity contribution in [2.75, 3.05) is 7.11 Å². The summed E-state index contributed by atoms with van der Waals surface area (Å²) in [7, 11) is 1.18. The van der Waals surface area contributed by atoms with Gasteiger partial charge in [-0.2, -0.15) is 0 Å². The molecule has 0 N–H and O–H groups in total. The van der Waals surface area contributed by atoms with Crippen LogP contribution in [0.4, 0.5) is 8.78 Å². The fourth-order valence-electron chi connectivity index (χ4n) is 1.24. The van der Waals surface area contributed by atoms with Crippen molar-refractivity contribution in [2.45, 2.75) is 18.7 Å². The van der Waals surface area contributed by atoms with Crippen molar-refractivity contribution in [1.82, 2.24) is 4.98 Å². The van der Waals surface area contributed by atoms with E-state index < -0.39 is 12.4 Å². The first-order chi connectivity index (χ1) is 7.51. The topological polar surface area (TPSA) is 39.2 Å². The summed E-state index contributed by atoms with van der Waals surface area (Å²) in [5.74, 6) is -0.718. The molecule has 1 aromatic heterocycles. The summed E-state index contributed by atoms with van der Waals surface area (Å²) in [6.07, 6.45) is -2.71. The van der Waals surface area contributed by atoms with Crippen molar-refractivity contribution in [2.24, 2.45) is 0 Å². The van der Waals surface area contributed by atoms with Crippen molar-refractivity contribution >= 4 is 21.9 Å². The zero-order chi connectivity index (χ0) is 12.3. The van der Waals surface area contributed by atoms with Crippen LogP contribution in [0.15, 0.2) is 6.07 Å². The lowest BCUT2D eigenvalue weighted by atomic mass is 10.1. The maximum Gasteiger partial charge on any atom is 0.356 e. The van der Waals surface area contributed by atoms with Gasteiger partial charge in [0.05, 0.1) is 7.11 Å². The van der Waals surface area contributed by atoms with Crippen LogP contribution < -0.4 is 0 Å². The molecule has 0 aliphatic carbocycles. The van der Waals surface area contributed by atoms with E-state index in [1.165, 1.54) is 13.2 Å². The zero-order valence-corrected chi connectivity index (χ0v) is 10.3. The number of carbonyl (C=O) groups excluding carboxylic acids is 1. The highest BCUT2D eigenvalue weighted by molar-refractivity contribution is 9.08. The summed E-state index contributed by atoms with van der Waals surface area (Å²) in [5, 5.41) is 0.380. The van der Waals surface area contributed by atoms with Crippen LogP contribution in [-0.2, 0) is 10.1 Å². The van der Waals surface area contributed by atoms with Crippen LogP contribution in [0.25, 0.3) is 0 Å². The molecule has 0 saturated carbocycles. The summed E-state index contributed by atoms with van der Waals surface area (Å²) < 4.78 is 29.8. The maximum atomic E-state index is 12.7. The Balaban J connectivity index is 3.34. The second kappa shape index (κ2) is 5.34. The first-order valence-electron chi connectivity index (χ1n) is 4.44. The molecule has 6 heteroatoms. The predicted octanol–water partition coefficient (Wildman–Crippen LogP) is 3.01. The minimum atomic E-state index is -2.71. The van der Waals surface area contributed by atoms with E-state index in [0.717, 1.165) is 0 Å². The molecule has 0 fully saturated rings. The Morgan fingerprint density at radius 1 is 1.62 bits per heavy atom. The minimum absolute atomic E-state index is 0.0992. The van der Waals surface area contributed by atoms with E-state index in [4.69, 9.17) is 0 Å². The molecule has 1 aromatic rings. The predicted molar refractivity (Wildman–Crippen MR) is 57.9 cm³/mol. The van der Waals surface area contributed by atoms with Crippen LogP contribution in [0.2, 0.25) is 0 Å². The number of hydrogen-bond donors (Lipinski definition) is 0. The Morgan fingerprint density at radius 3 is 2.69 bits per heavy atom. The zero-order valence-electron chi connectivity index (χ0n) is 8.76. The van der Waals surface area contributed by atoms with Crippen LogP contribution >= 0.6 is 15.9 Å². The molecule has 0 unspecified atom stereocenters. The van der Waals surface area contributed by atoms with Gasteiger partial charge in [-0.05, 0) is 24.1 Å². The van der Waals surface area contributed by atoms with Gasteiger partial charge in [0.2, 0.25) is 0 Å². The van der Waals surface area contributed by atoms with Crippen molar-refractivity contribution in [3.05, 3.63) is 28.6 Å². The van der Waals surface area contributed by atoms with E-state index in [-0.39, 0.29) is 11.4 Å². The Morgan fingerprint density at radius 2 is 2.25 bits per heavy atom. The molecule has 0 atom stereocenters. The number of halogens is 3. The first-order valence-corrected chi connectivity index (χ1v) is 5.56. The minimum Gasteiger partial charge on any atom is -0.464 e. The van der Waals surface area contributed by atoms with Gasteiger partial charge in [-0.15, -0.1) is 0 Å². The number of hydrogen-bond acceptors (Lipinski definition) is 3. The molecule has 3 nitrogen and oxygen atoms in total. The van der Waals surface area contributed by atoms with Crippen molar-refractivity contribution in [1.29, 1.82) is 0 Å². The molecule has 0 aliphatic heterocycles. The summed E-state index contributed by atoms with van der Waals surface area (Å²) >= 11 is 3.17. The van der Waals surface area contributed by atoms with Crippen LogP contribution in [0.3, 0.4) is 0 Å². The molecule has 1 rings (SSSR count). The molecular weight excluding hydrogens is 284 g/mol. The fraction of sp³-hybridized carbons (Fsp3) is 0.400. The first kappa shape index (κ1) is 13.0. The van der Waals surface area contributed by atoms with Gasteiger partial charge in [-0.3, -0.25) is 0 Å². The van der Waals surface area contributed by atoms with Gasteiger partial charge < -0.3 is 4.74 Å². The Hall–Kier alpha value is -1.04. The lowest BCUT2D eigenvalue weighted by Crippen LogP contribution is -2.09. The van der Waals surface area contributed by atoms with E-state index in [2.05, 4.69) is 25.7 Å².